The molecule has 0 radical (unpaired) electrons. The molecular weight excluding hydrogens is 254 g/mol. The van der Waals surface area contributed by atoms with Crippen LogP contribution in [0.5, 0.6) is 0 Å². The first-order valence-electron chi connectivity index (χ1n) is 8.09. The molecule has 116 valence electrons. The van der Waals surface area contributed by atoms with Crippen molar-refractivity contribution in [2.45, 2.75) is 51.0 Å². The van der Waals surface area contributed by atoms with Crippen molar-refractivity contribution in [2.24, 2.45) is 17.6 Å². The third-order valence-electron chi connectivity index (χ3n) is 4.87. The van der Waals surface area contributed by atoms with Crippen molar-refractivity contribution in [2.75, 3.05) is 26.2 Å². The summed E-state index contributed by atoms with van der Waals surface area (Å²) in [6, 6.07) is 0.407. The van der Waals surface area contributed by atoms with Crippen molar-refractivity contribution in [1.29, 1.82) is 0 Å². The fourth-order valence-corrected chi connectivity index (χ4v) is 3.53. The second-order valence-corrected chi connectivity index (χ2v) is 6.36. The zero-order chi connectivity index (χ0) is 14.4. The highest BCUT2D eigenvalue weighted by Crippen LogP contribution is 2.25. The highest BCUT2D eigenvalue weighted by atomic mass is 16.3. The molecule has 1 saturated heterocycles. The van der Waals surface area contributed by atoms with Gasteiger partial charge in [-0.25, -0.2) is 4.79 Å². The first kappa shape index (κ1) is 15.6. The van der Waals surface area contributed by atoms with Crippen LogP contribution in [-0.2, 0) is 0 Å². The summed E-state index contributed by atoms with van der Waals surface area (Å²) in [4.78, 5) is 14.3. The van der Waals surface area contributed by atoms with Crippen LogP contribution in [0.4, 0.5) is 4.79 Å². The zero-order valence-corrected chi connectivity index (χ0v) is 12.4. The Kier molecular flexibility index (Phi) is 6.10. The van der Waals surface area contributed by atoms with E-state index in [4.69, 9.17) is 10.8 Å². The van der Waals surface area contributed by atoms with Crippen molar-refractivity contribution >= 4 is 6.03 Å². The van der Waals surface area contributed by atoms with Crippen LogP contribution < -0.4 is 11.1 Å². The maximum Gasteiger partial charge on any atom is 0.317 e. The second kappa shape index (κ2) is 7.84. The topological polar surface area (TPSA) is 78.6 Å². The number of nitrogens with one attached hydrogen (secondary N) is 1. The predicted molar refractivity (Wildman–Crippen MR) is 79.3 cm³/mol. The molecule has 5 nitrogen and oxygen atoms in total. The SMILES string of the molecule is NCC1CCC(NC(=O)N2CCCC(CCO)CC2)C1. The molecule has 4 N–H and O–H groups in total. The number of urea groups is 1. The number of amides is 2. The van der Waals surface area contributed by atoms with Crippen molar-refractivity contribution in [1.82, 2.24) is 10.2 Å². The van der Waals surface area contributed by atoms with Gasteiger partial charge in [0.2, 0.25) is 0 Å². The summed E-state index contributed by atoms with van der Waals surface area (Å²) in [6.45, 7) is 2.67. The van der Waals surface area contributed by atoms with Crippen LogP contribution in [-0.4, -0.2) is 48.3 Å². The van der Waals surface area contributed by atoms with Gasteiger partial charge in [0.25, 0.3) is 0 Å². The van der Waals surface area contributed by atoms with E-state index in [1.807, 2.05) is 4.90 Å². The van der Waals surface area contributed by atoms with Gasteiger partial charge in [0, 0.05) is 25.7 Å². The highest BCUT2D eigenvalue weighted by Gasteiger charge is 2.27. The number of nitrogens with zero attached hydrogens (tertiary/aromatic N) is 1. The van der Waals surface area contributed by atoms with Gasteiger partial charge in [0.15, 0.2) is 0 Å². The van der Waals surface area contributed by atoms with Gasteiger partial charge in [0.05, 0.1) is 0 Å². The summed E-state index contributed by atoms with van der Waals surface area (Å²) in [5.41, 5.74) is 5.69. The fourth-order valence-electron chi connectivity index (χ4n) is 3.53. The van der Waals surface area contributed by atoms with Crippen LogP contribution in [0.1, 0.15) is 44.9 Å². The molecule has 1 aliphatic heterocycles. The molecule has 5 heteroatoms. The molecule has 0 spiro atoms. The Hall–Kier alpha value is -0.810. The average Bonchev–Trinajstić information content (AvgIpc) is 2.76. The van der Waals surface area contributed by atoms with Crippen molar-refractivity contribution in [3.05, 3.63) is 0 Å². The Bertz CT molecular complexity index is 311. The number of carbonyl (C=O) groups is 1. The number of carbonyl (C=O) groups excluding carboxylic acids is 1. The molecule has 3 unspecified atom stereocenters. The molecule has 0 aromatic rings. The highest BCUT2D eigenvalue weighted by molar-refractivity contribution is 5.74. The lowest BCUT2D eigenvalue weighted by molar-refractivity contribution is 0.194. The van der Waals surface area contributed by atoms with Gasteiger partial charge in [-0.3, -0.25) is 0 Å². The zero-order valence-electron chi connectivity index (χ0n) is 12.4. The standard InChI is InChI=1S/C15H29N3O2/c16-11-13-3-4-14(10-13)17-15(20)18-7-1-2-12(5-8-18)6-9-19/h12-14,19H,1-11,16H2,(H,17,20). The summed E-state index contributed by atoms with van der Waals surface area (Å²) in [5, 5.41) is 12.2. The fraction of sp³-hybridized carbons (Fsp3) is 0.933. The molecule has 20 heavy (non-hydrogen) atoms. The van der Waals surface area contributed by atoms with Gasteiger partial charge in [0.1, 0.15) is 0 Å². The Balaban J connectivity index is 1.75. The number of aliphatic hydroxyl groups excluding tert-OH is 1. The van der Waals surface area contributed by atoms with Crippen LogP contribution >= 0.6 is 0 Å². The van der Waals surface area contributed by atoms with E-state index in [-0.39, 0.29) is 12.6 Å². The largest absolute Gasteiger partial charge is 0.396 e. The molecule has 0 bridgehead atoms. The lowest BCUT2D eigenvalue weighted by Crippen LogP contribution is -2.44. The quantitative estimate of drug-likeness (QED) is 0.728. The minimum absolute atomic E-state index is 0.0947. The summed E-state index contributed by atoms with van der Waals surface area (Å²) >= 11 is 0. The van der Waals surface area contributed by atoms with Gasteiger partial charge in [-0.05, 0) is 63.3 Å². The van der Waals surface area contributed by atoms with E-state index in [9.17, 15) is 4.79 Å². The minimum atomic E-state index is 0.0947. The Morgan fingerprint density at radius 3 is 2.75 bits per heavy atom. The monoisotopic (exact) mass is 283 g/mol. The number of likely N-dealkylation sites (tertiary alicyclic amines) is 1. The maximum atomic E-state index is 12.3. The predicted octanol–water partition coefficient (Wildman–Crippen LogP) is 1.31. The van der Waals surface area contributed by atoms with E-state index in [2.05, 4.69) is 5.32 Å². The first-order chi connectivity index (χ1) is 9.72. The summed E-state index contributed by atoms with van der Waals surface area (Å²) in [7, 11) is 0. The van der Waals surface area contributed by atoms with E-state index in [0.29, 0.717) is 17.9 Å². The third-order valence-corrected chi connectivity index (χ3v) is 4.87. The van der Waals surface area contributed by atoms with Gasteiger partial charge in [-0.2, -0.15) is 0 Å². The lowest BCUT2D eigenvalue weighted by atomic mass is 9.98. The van der Waals surface area contributed by atoms with Gasteiger partial charge < -0.3 is 21.1 Å². The van der Waals surface area contributed by atoms with Crippen molar-refractivity contribution in [3.63, 3.8) is 0 Å². The molecule has 2 fully saturated rings. The number of hydrogen-bond donors (Lipinski definition) is 3. The summed E-state index contributed by atoms with van der Waals surface area (Å²) in [5.74, 6) is 1.16. The van der Waals surface area contributed by atoms with E-state index in [0.717, 1.165) is 64.6 Å². The van der Waals surface area contributed by atoms with Crippen LogP contribution in [0.25, 0.3) is 0 Å². The van der Waals surface area contributed by atoms with E-state index in [1.165, 1.54) is 0 Å². The normalized spacial score (nSPS) is 31.1. The van der Waals surface area contributed by atoms with Crippen LogP contribution in [0.2, 0.25) is 0 Å². The summed E-state index contributed by atoms with van der Waals surface area (Å²) < 4.78 is 0. The molecule has 2 amide bonds. The van der Waals surface area contributed by atoms with Gasteiger partial charge >= 0.3 is 6.03 Å². The van der Waals surface area contributed by atoms with E-state index >= 15 is 0 Å². The van der Waals surface area contributed by atoms with Crippen molar-refractivity contribution in [3.8, 4) is 0 Å². The molecule has 0 aromatic heterocycles. The lowest BCUT2D eigenvalue weighted by Gasteiger charge is -2.23. The van der Waals surface area contributed by atoms with Crippen LogP contribution in [0.15, 0.2) is 0 Å². The smallest absolute Gasteiger partial charge is 0.317 e. The van der Waals surface area contributed by atoms with Crippen molar-refractivity contribution < 1.29 is 9.90 Å². The summed E-state index contributed by atoms with van der Waals surface area (Å²) in [6.07, 6.45) is 7.30. The van der Waals surface area contributed by atoms with Gasteiger partial charge in [-0.15, -0.1) is 0 Å². The molecule has 2 rings (SSSR count). The maximum absolute atomic E-state index is 12.3. The Morgan fingerprint density at radius 1 is 1.20 bits per heavy atom. The number of hydrogen-bond acceptors (Lipinski definition) is 3. The number of rotatable bonds is 4. The van der Waals surface area contributed by atoms with E-state index in [1.54, 1.807) is 0 Å². The molecule has 1 saturated carbocycles. The van der Waals surface area contributed by atoms with E-state index < -0.39 is 0 Å². The second-order valence-electron chi connectivity index (χ2n) is 6.36. The Labute approximate surface area is 121 Å². The van der Waals surface area contributed by atoms with Crippen LogP contribution in [0, 0.1) is 11.8 Å². The number of nitrogens with two attached hydrogens (primary N) is 1. The molecular formula is C15H29N3O2. The molecule has 0 aromatic carbocycles. The average molecular weight is 283 g/mol. The Morgan fingerprint density at radius 2 is 2.05 bits per heavy atom. The third kappa shape index (κ3) is 4.35. The van der Waals surface area contributed by atoms with Crippen LogP contribution in [0.3, 0.4) is 0 Å². The molecule has 1 heterocycles. The number of aliphatic hydroxyl groups is 1. The molecule has 1 aliphatic carbocycles. The minimum Gasteiger partial charge on any atom is -0.396 e. The first-order valence-corrected chi connectivity index (χ1v) is 8.09. The molecule has 3 atom stereocenters. The van der Waals surface area contributed by atoms with Gasteiger partial charge in [-0.1, -0.05) is 0 Å². The molecule has 2 aliphatic rings.